The van der Waals surface area contributed by atoms with Crippen LogP contribution in [0.15, 0.2) is 28.7 Å². The number of carbonyl (C=O) groups is 1. The summed E-state index contributed by atoms with van der Waals surface area (Å²) in [5.74, 6) is 0.706. The van der Waals surface area contributed by atoms with Crippen LogP contribution in [-0.2, 0) is 4.79 Å². The van der Waals surface area contributed by atoms with E-state index in [9.17, 15) is 4.79 Å². The predicted octanol–water partition coefficient (Wildman–Crippen LogP) is 3.09. The van der Waals surface area contributed by atoms with Gasteiger partial charge in [0.2, 0.25) is 5.91 Å². The summed E-state index contributed by atoms with van der Waals surface area (Å²) in [6, 6.07) is 8.39. The fourth-order valence-electron chi connectivity index (χ4n) is 2.72. The fraction of sp³-hybridized carbons (Fsp3) is 0.562. The van der Waals surface area contributed by atoms with Gasteiger partial charge < -0.3 is 15.5 Å². The molecule has 2 rings (SSSR count). The average Bonchev–Trinajstić information content (AvgIpc) is 2.94. The number of rotatable bonds is 6. The molecular formula is C16H26BrCl2N3O. The highest BCUT2D eigenvalue weighted by Gasteiger charge is 2.23. The van der Waals surface area contributed by atoms with Crippen molar-refractivity contribution in [3.63, 3.8) is 0 Å². The van der Waals surface area contributed by atoms with Gasteiger partial charge in [-0.3, -0.25) is 4.79 Å². The number of nitrogens with zero attached hydrogens (tertiary/aromatic N) is 1. The highest BCUT2D eigenvalue weighted by atomic mass is 79.9. The normalized spacial score (nSPS) is 17.9. The minimum Gasteiger partial charge on any atom is -0.371 e. The third kappa shape index (κ3) is 6.87. The van der Waals surface area contributed by atoms with Gasteiger partial charge in [-0.2, -0.15) is 0 Å². The van der Waals surface area contributed by atoms with Crippen LogP contribution in [0, 0.1) is 11.8 Å². The summed E-state index contributed by atoms with van der Waals surface area (Å²) < 4.78 is 1.11. The molecule has 0 aliphatic carbocycles. The zero-order valence-corrected chi connectivity index (χ0v) is 16.8. The molecule has 1 aromatic carbocycles. The standard InChI is InChI=1S/C16H24BrN3O.2ClH/c1-12(9-18-2)16(21)19-10-13-6-7-20(11-13)15-5-3-4-14(17)8-15;;/h3-5,8,12-13,18H,6-7,9-11H2,1-2H3,(H,19,21);2*1H. The third-order valence-electron chi connectivity index (χ3n) is 3.98. The van der Waals surface area contributed by atoms with Crippen LogP contribution in [0.3, 0.4) is 0 Å². The molecule has 1 heterocycles. The lowest BCUT2D eigenvalue weighted by molar-refractivity contribution is -0.124. The van der Waals surface area contributed by atoms with E-state index < -0.39 is 0 Å². The third-order valence-corrected chi connectivity index (χ3v) is 4.48. The van der Waals surface area contributed by atoms with Gasteiger partial charge in [0.15, 0.2) is 0 Å². The molecule has 0 spiro atoms. The fourth-order valence-corrected chi connectivity index (χ4v) is 3.11. The van der Waals surface area contributed by atoms with E-state index in [4.69, 9.17) is 0 Å². The SMILES string of the molecule is CNCC(C)C(=O)NCC1CCN(c2cccc(Br)c2)C1.Cl.Cl. The minimum atomic E-state index is 0. The molecule has 4 nitrogen and oxygen atoms in total. The molecule has 7 heteroatoms. The van der Waals surface area contributed by atoms with E-state index in [0.29, 0.717) is 5.92 Å². The zero-order chi connectivity index (χ0) is 15.2. The Balaban J connectivity index is 0.00000242. The van der Waals surface area contributed by atoms with Crippen LogP contribution in [0.25, 0.3) is 0 Å². The summed E-state index contributed by atoms with van der Waals surface area (Å²) in [6.07, 6.45) is 1.13. The van der Waals surface area contributed by atoms with Crippen molar-refractivity contribution in [2.24, 2.45) is 11.8 Å². The van der Waals surface area contributed by atoms with E-state index in [-0.39, 0.29) is 36.6 Å². The quantitative estimate of drug-likeness (QED) is 0.734. The molecule has 0 bridgehead atoms. The van der Waals surface area contributed by atoms with Crippen LogP contribution in [0.4, 0.5) is 5.69 Å². The first-order chi connectivity index (χ1) is 10.1. The number of hydrogen-bond acceptors (Lipinski definition) is 3. The van der Waals surface area contributed by atoms with Gasteiger partial charge in [0.05, 0.1) is 0 Å². The number of carbonyl (C=O) groups excluding carboxylic acids is 1. The van der Waals surface area contributed by atoms with Crippen LogP contribution in [-0.4, -0.2) is 39.1 Å². The Morgan fingerprint density at radius 1 is 1.43 bits per heavy atom. The van der Waals surface area contributed by atoms with E-state index in [0.717, 1.165) is 37.1 Å². The molecule has 1 aliphatic heterocycles. The average molecular weight is 427 g/mol. The van der Waals surface area contributed by atoms with Crippen molar-refractivity contribution in [3.8, 4) is 0 Å². The van der Waals surface area contributed by atoms with Gasteiger partial charge in [0.25, 0.3) is 0 Å². The molecule has 1 fully saturated rings. The Morgan fingerprint density at radius 3 is 2.83 bits per heavy atom. The summed E-state index contributed by atoms with van der Waals surface area (Å²) in [6.45, 7) is 5.52. The lowest BCUT2D eigenvalue weighted by atomic mass is 10.1. The summed E-state index contributed by atoms with van der Waals surface area (Å²) in [4.78, 5) is 14.3. The molecule has 23 heavy (non-hydrogen) atoms. The summed E-state index contributed by atoms with van der Waals surface area (Å²) in [5.41, 5.74) is 1.25. The van der Waals surface area contributed by atoms with Gasteiger partial charge >= 0.3 is 0 Å². The molecule has 0 radical (unpaired) electrons. The number of benzene rings is 1. The molecule has 2 unspecified atom stereocenters. The second-order valence-electron chi connectivity index (χ2n) is 5.78. The largest absolute Gasteiger partial charge is 0.371 e. The first-order valence-corrected chi connectivity index (χ1v) is 8.32. The Labute approximate surface area is 159 Å². The molecule has 1 aromatic rings. The molecule has 2 atom stereocenters. The van der Waals surface area contributed by atoms with E-state index >= 15 is 0 Å². The van der Waals surface area contributed by atoms with Crippen LogP contribution in [0.1, 0.15) is 13.3 Å². The Bertz CT molecular complexity index is 490. The Hall–Kier alpha value is -0.490. The van der Waals surface area contributed by atoms with E-state index in [1.165, 1.54) is 5.69 Å². The number of amides is 1. The minimum absolute atomic E-state index is 0. The molecule has 0 aromatic heterocycles. The first kappa shape index (κ1) is 22.5. The lowest BCUT2D eigenvalue weighted by Gasteiger charge is -2.19. The number of halogens is 3. The molecule has 1 amide bonds. The summed E-state index contributed by atoms with van der Waals surface area (Å²) in [7, 11) is 1.87. The second kappa shape index (κ2) is 11.1. The van der Waals surface area contributed by atoms with E-state index in [2.05, 4.69) is 49.7 Å². The molecule has 132 valence electrons. The molecule has 0 saturated carbocycles. The van der Waals surface area contributed by atoms with Crippen molar-refractivity contribution in [2.45, 2.75) is 13.3 Å². The maximum absolute atomic E-state index is 11.9. The van der Waals surface area contributed by atoms with Crippen molar-refractivity contribution in [1.29, 1.82) is 0 Å². The Kier molecular flexibility index (Phi) is 10.9. The lowest BCUT2D eigenvalue weighted by Crippen LogP contribution is -2.37. The highest BCUT2D eigenvalue weighted by Crippen LogP contribution is 2.25. The molecule has 1 saturated heterocycles. The zero-order valence-electron chi connectivity index (χ0n) is 13.5. The smallest absolute Gasteiger partial charge is 0.224 e. The van der Waals surface area contributed by atoms with Gasteiger partial charge in [-0.15, -0.1) is 24.8 Å². The van der Waals surface area contributed by atoms with Crippen molar-refractivity contribution in [1.82, 2.24) is 10.6 Å². The summed E-state index contributed by atoms with van der Waals surface area (Å²) >= 11 is 3.52. The first-order valence-electron chi connectivity index (χ1n) is 7.53. The van der Waals surface area contributed by atoms with Crippen molar-refractivity contribution >= 4 is 52.3 Å². The molecule has 2 N–H and O–H groups in total. The maximum Gasteiger partial charge on any atom is 0.224 e. The highest BCUT2D eigenvalue weighted by molar-refractivity contribution is 9.10. The van der Waals surface area contributed by atoms with E-state index in [1.807, 2.05) is 20.0 Å². The molecular weight excluding hydrogens is 401 g/mol. The monoisotopic (exact) mass is 425 g/mol. The maximum atomic E-state index is 11.9. The van der Waals surface area contributed by atoms with Gasteiger partial charge in [-0.25, -0.2) is 0 Å². The predicted molar refractivity (Wildman–Crippen MR) is 105 cm³/mol. The van der Waals surface area contributed by atoms with Crippen LogP contribution in [0.2, 0.25) is 0 Å². The van der Waals surface area contributed by atoms with Gasteiger partial charge in [-0.1, -0.05) is 28.9 Å². The Morgan fingerprint density at radius 2 is 2.17 bits per heavy atom. The number of nitrogens with one attached hydrogen (secondary N) is 2. The van der Waals surface area contributed by atoms with Crippen molar-refractivity contribution in [2.75, 3.05) is 38.1 Å². The second-order valence-corrected chi connectivity index (χ2v) is 6.70. The van der Waals surface area contributed by atoms with Crippen molar-refractivity contribution < 1.29 is 4.79 Å². The van der Waals surface area contributed by atoms with Crippen molar-refractivity contribution in [3.05, 3.63) is 28.7 Å². The topological polar surface area (TPSA) is 44.4 Å². The van der Waals surface area contributed by atoms with Gasteiger partial charge in [0, 0.05) is 42.3 Å². The summed E-state index contributed by atoms with van der Waals surface area (Å²) in [5, 5.41) is 6.11. The van der Waals surface area contributed by atoms with Crippen LogP contribution >= 0.6 is 40.7 Å². The van der Waals surface area contributed by atoms with Gasteiger partial charge in [0.1, 0.15) is 0 Å². The molecule has 1 aliphatic rings. The van der Waals surface area contributed by atoms with Gasteiger partial charge in [-0.05, 0) is 37.6 Å². The number of hydrogen-bond donors (Lipinski definition) is 2. The van der Waals surface area contributed by atoms with E-state index in [1.54, 1.807) is 0 Å². The number of anilines is 1. The van der Waals surface area contributed by atoms with Crippen LogP contribution < -0.4 is 15.5 Å². The van der Waals surface area contributed by atoms with Crippen LogP contribution in [0.5, 0.6) is 0 Å².